The number of nitrogens with zero attached hydrogens (tertiary/aromatic N) is 3. The van der Waals surface area contributed by atoms with E-state index in [1.807, 2.05) is 32.0 Å². The summed E-state index contributed by atoms with van der Waals surface area (Å²) in [6.45, 7) is 13.0. The molecule has 8 heteroatoms. The topological polar surface area (TPSA) is 85.7 Å². The Bertz CT molecular complexity index is 1320. The molecule has 4 rings (SSSR count). The van der Waals surface area contributed by atoms with E-state index in [9.17, 15) is 9.59 Å². The number of aryl methyl sites for hydroxylation is 2. The molecule has 2 aromatic carbocycles. The van der Waals surface area contributed by atoms with Crippen molar-refractivity contribution in [2.24, 2.45) is 0 Å². The zero-order valence-electron chi connectivity index (χ0n) is 23.3. The van der Waals surface area contributed by atoms with Gasteiger partial charge in [-0.25, -0.2) is 4.68 Å². The van der Waals surface area contributed by atoms with E-state index in [4.69, 9.17) is 14.6 Å². The molecule has 3 aromatic rings. The SMILES string of the molecule is CCCCCN(CC(=O)Nc1cc(C(C)(C)C)nn1-c1ccc(C)cc1C)C(=O)c1ccc2c(c1)OCO2. The monoisotopic (exact) mass is 518 g/mol. The molecule has 38 heavy (non-hydrogen) atoms. The molecule has 0 unspecified atom stereocenters. The number of aromatic nitrogens is 2. The van der Waals surface area contributed by atoms with E-state index in [1.54, 1.807) is 27.8 Å². The number of nitrogens with one attached hydrogen (secondary N) is 1. The second-order valence-corrected chi connectivity index (χ2v) is 10.9. The van der Waals surface area contributed by atoms with Gasteiger partial charge in [-0.15, -0.1) is 0 Å². The maximum absolute atomic E-state index is 13.5. The molecule has 0 aliphatic carbocycles. The lowest BCUT2D eigenvalue weighted by molar-refractivity contribution is -0.117. The first kappa shape index (κ1) is 27.2. The van der Waals surface area contributed by atoms with Crippen LogP contribution in [0.4, 0.5) is 5.82 Å². The Morgan fingerprint density at radius 2 is 1.79 bits per heavy atom. The van der Waals surface area contributed by atoms with Crippen LogP contribution in [0.2, 0.25) is 0 Å². The van der Waals surface area contributed by atoms with Crippen LogP contribution in [0.5, 0.6) is 11.5 Å². The third-order valence-corrected chi connectivity index (χ3v) is 6.60. The van der Waals surface area contributed by atoms with Crippen molar-refractivity contribution in [2.45, 2.75) is 66.2 Å². The fraction of sp³-hybridized carbons (Fsp3) is 0.433. The number of hydrogen-bond donors (Lipinski definition) is 1. The third-order valence-electron chi connectivity index (χ3n) is 6.60. The number of benzene rings is 2. The molecular formula is C30H38N4O4. The Morgan fingerprint density at radius 3 is 2.50 bits per heavy atom. The number of fused-ring (bicyclic) bond motifs is 1. The van der Waals surface area contributed by atoms with Gasteiger partial charge in [0.15, 0.2) is 11.5 Å². The molecule has 1 N–H and O–H groups in total. The van der Waals surface area contributed by atoms with Gasteiger partial charge in [0, 0.05) is 23.6 Å². The molecule has 2 amide bonds. The van der Waals surface area contributed by atoms with Crippen LogP contribution in [0.15, 0.2) is 42.5 Å². The van der Waals surface area contributed by atoms with Gasteiger partial charge in [0.1, 0.15) is 12.4 Å². The van der Waals surface area contributed by atoms with Crippen LogP contribution in [0, 0.1) is 13.8 Å². The summed E-state index contributed by atoms with van der Waals surface area (Å²) in [5, 5.41) is 7.88. The summed E-state index contributed by atoms with van der Waals surface area (Å²) < 4.78 is 12.6. The van der Waals surface area contributed by atoms with Crippen molar-refractivity contribution < 1.29 is 19.1 Å². The number of anilines is 1. The molecule has 0 fully saturated rings. The first-order valence-corrected chi connectivity index (χ1v) is 13.2. The molecule has 0 bridgehead atoms. The van der Waals surface area contributed by atoms with Crippen LogP contribution in [-0.2, 0) is 10.2 Å². The molecule has 202 valence electrons. The van der Waals surface area contributed by atoms with Crippen molar-refractivity contribution in [1.82, 2.24) is 14.7 Å². The first-order valence-electron chi connectivity index (χ1n) is 13.2. The van der Waals surface area contributed by atoms with Crippen LogP contribution in [0.3, 0.4) is 0 Å². The zero-order chi connectivity index (χ0) is 27.4. The van der Waals surface area contributed by atoms with Gasteiger partial charge >= 0.3 is 0 Å². The minimum atomic E-state index is -0.276. The van der Waals surface area contributed by atoms with Crippen LogP contribution in [-0.4, -0.2) is 46.4 Å². The number of carbonyl (C=O) groups is 2. The van der Waals surface area contributed by atoms with Gasteiger partial charge in [-0.1, -0.05) is 58.2 Å². The number of amides is 2. The second-order valence-electron chi connectivity index (χ2n) is 10.9. The molecule has 0 radical (unpaired) electrons. The lowest BCUT2D eigenvalue weighted by atomic mass is 9.92. The van der Waals surface area contributed by atoms with Crippen molar-refractivity contribution in [3.8, 4) is 17.2 Å². The van der Waals surface area contributed by atoms with E-state index >= 15 is 0 Å². The summed E-state index contributed by atoms with van der Waals surface area (Å²) >= 11 is 0. The summed E-state index contributed by atoms with van der Waals surface area (Å²) in [5.41, 5.74) is 4.24. The number of hydrogen-bond acceptors (Lipinski definition) is 5. The average Bonchev–Trinajstić information content (AvgIpc) is 3.50. The number of unbranched alkanes of at least 4 members (excludes halogenated alkanes) is 2. The Labute approximate surface area is 224 Å². The van der Waals surface area contributed by atoms with Crippen molar-refractivity contribution in [1.29, 1.82) is 0 Å². The van der Waals surface area contributed by atoms with Gasteiger partial charge in [0.25, 0.3) is 5.91 Å². The largest absolute Gasteiger partial charge is 0.454 e. The first-order chi connectivity index (χ1) is 18.1. The highest BCUT2D eigenvalue weighted by Crippen LogP contribution is 2.33. The smallest absolute Gasteiger partial charge is 0.254 e. The standard InChI is InChI=1S/C30H38N4O4/c1-7-8-9-14-33(29(36)22-11-13-24-25(16-22)38-19-37-24)18-28(35)31-27-17-26(30(4,5)6)32-34(27)23-12-10-20(2)15-21(23)3/h10-13,15-17H,7-9,14,18-19H2,1-6H3,(H,31,35). The summed E-state index contributed by atoms with van der Waals surface area (Å²) in [7, 11) is 0. The summed E-state index contributed by atoms with van der Waals surface area (Å²) in [4.78, 5) is 28.4. The lowest BCUT2D eigenvalue weighted by Gasteiger charge is -2.22. The van der Waals surface area contributed by atoms with Crippen LogP contribution < -0.4 is 14.8 Å². The number of rotatable bonds is 9. The van der Waals surface area contributed by atoms with Gasteiger partial charge in [-0.05, 0) is 50.1 Å². The van der Waals surface area contributed by atoms with E-state index in [0.717, 1.165) is 41.8 Å². The lowest BCUT2D eigenvalue weighted by Crippen LogP contribution is -2.39. The highest BCUT2D eigenvalue weighted by atomic mass is 16.7. The highest BCUT2D eigenvalue weighted by Gasteiger charge is 2.25. The maximum Gasteiger partial charge on any atom is 0.254 e. The van der Waals surface area contributed by atoms with E-state index in [0.29, 0.717) is 29.4 Å². The third kappa shape index (κ3) is 6.18. The normalized spacial score (nSPS) is 12.5. The number of ether oxygens (including phenoxy) is 2. The molecule has 1 aliphatic rings. The van der Waals surface area contributed by atoms with Crippen molar-refractivity contribution >= 4 is 17.6 Å². The van der Waals surface area contributed by atoms with Crippen molar-refractivity contribution in [2.75, 3.05) is 25.2 Å². The van der Waals surface area contributed by atoms with Gasteiger partial charge in [-0.3, -0.25) is 9.59 Å². The summed E-state index contributed by atoms with van der Waals surface area (Å²) in [6, 6.07) is 13.2. The summed E-state index contributed by atoms with van der Waals surface area (Å²) in [5.74, 6) is 1.25. The van der Waals surface area contributed by atoms with Crippen LogP contribution in [0.25, 0.3) is 5.69 Å². The highest BCUT2D eigenvalue weighted by molar-refractivity contribution is 5.99. The molecule has 0 saturated heterocycles. The predicted octanol–water partition coefficient (Wildman–Crippen LogP) is 5.79. The molecule has 0 spiro atoms. The Balaban J connectivity index is 1.58. The molecule has 0 saturated carbocycles. The van der Waals surface area contributed by atoms with Crippen LogP contribution in [0.1, 0.15) is 74.1 Å². The number of carbonyl (C=O) groups excluding carboxylic acids is 2. The molecule has 2 heterocycles. The summed E-state index contributed by atoms with van der Waals surface area (Å²) in [6.07, 6.45) is 2.80. The van der Waals surface area contributed by atoms with Crippen LogP contribution >= 0.6 is 0 Å². The van der Waals surface area contributed by atoms with Gasteiger partial charge in [0.2, 0.25) is 12.7 Å². The van der Waals surface area contributed by atoms with Gasteiger partial charge in [-0.2, -0.15) is 5.10 Å². The second kappa shape index (κ2) is 11.3. The van der Waals surface area contributed by atoms with Crippen molar-refractivity contribution in [3.05, 3.63) is 64.8 Å². The Morgan fingerprint density at radius 1 is 1.03 bits per heavy atom. The fourth-order valence-electron chi connectivity index (χ4n) is 4.44. The molecule has 1 aromatic heterocycles. The molecule has 8 nitrogen and oxygen atoms in total. The zero-order valence-corrected chi connectivity index (χ0v) is 23.3. The Hall–Kier alpha value is -3.81. The maximum atomic E-state index is 13.5. The Kier molecular flexibility index (Phi) is 8.09. The van der Waals surface area contributed by atoms with Gasteiger partial charge < -0.3 is 19.7 Å². The minimum Gasteiger partial charge on any atom is -0.454 e. The van der Waals surface area contributed by atoms with E-state index in [2.05, 4.69) is 39.1 Å². The van der Waals surface area contributed by atoms with E-state index < -0.39 is 0 Å². The average molecular weight is 519 g/mol. The minimum absolute atomic E-state index is 0.0695. The molecular weight excluding hydrogens is 480 g/mol. The van der Waals surface area contributed by atoms with E-state index in [1.165, 1.54) is 0 Å². The van der Waals surface area contributed by atoms with E-state index in [-0.39, 0.29) is 30.6 Å². The molecule has 1 aliphatic heterocycles. The predicted molar refractivity (Wildman–Crippen MR) is 148 cm³/mol. The van der Waals surface area contributed by atoms with Gasteiger partial charge in [0.05, 0.1) is 11.4 Å². The van der Waals surface area contributed by atoms with Crippen molar-refractivity contribution in [3.63, 3.8) is 0 Å². The fourth-order valence-corrected chi connectivity index (χ4v) is 4.44. The molecule has 0 atom stereocenters. The quantitative estimate of drug-likeness (QED) is 0.363.